The third kappa shape index (κ3) is 4.32. The fraction of sp³-hybridized carbons (Fsp3) is 0.292. The highest BCUT2D eigenvalue weighted by Gasteiger charge is 2.21. The Balaban J connectivity index is 1.53. The Labute approximate surface area is 204 Å². The number of hydrogen-bond acceptors (Lipinski definition) is 5. The minimum atomic E-state index is -0.602. The summed E-state index contributed by atoms with van der Waals surface area (Å²) < 4.78 is 3.47. The standard InChI is InChI=1S/C24H23ClN6O4/c1-29-22(34)18-10-9-14(21(33)27-16-6-2-3-7-16)11-19(18)31-23(29)28-30(24(31)35)13-20(32)26-17-8-4-5-15(25)12-17/h4-5,8-12,16H,2-3,6-7,13H2,1H3,(H,26,32)(H,27,33). The van der Waals surface area contributed by atoms with E-state index in [-0.39, 0.29) is 40.7 Å². The van der Waals surface area contributed by atoms with E-state index in [0.29, 0.717) is 16.3 Å². The van der Waals surface area contributed by atoms with E-state index in [4.69, 9.17) is 11.6 Å². The molecule has 35 heavy (non-hydrogen) atoms. The van der Waals surface area contributed by atoms with Crippen molar-refractivity contribution in [2.45, 2.75) is 38.3 Å². The van der Waals surface area contributed by atoms with Crippen molar-refractivity contribution in [3.63, 3.8) is 0 Å². The number of fused-ring (bicyclic) bond motifs is 3. The lowest BCUT2D eigenvalue weighted by Crippen LogP contribution is -2.32. The number of benzene rings is 2. The van der Waals surface area contributed by atoms with Gasteiger partial charge in [0, 0.05) is 29.4 Å². The molecule has 5 rings (SSSR count). The number of rotatable bonds is 5. The molecule has 2 aromatic carbocycles. The first kappa shape index (κ1) is 22.9. The summed E-state index contributed by atoms with van der Waals surface area (Å²) in [6.45, 7) is -0.370. The maximum absolute atomic E-state index is 13.3. The van der Waals surface area contributed by atoms with Gasteiger partial charge in [0.2, 0.25) is 11.7 Å². The fourth-order valence-corrected chi connectivity index (χ4v) is 4.67. The molecule has 1 fully saturated rings. The normalized spacial score (nSPS) is 14.0. The summed E-state index contributed by atoms with van der Waals surface area (Å²) in [4.78, 5) is 51.5. The smallest absolute Gasteiger partial charge is 0.349 e. The topological polar surface area (TPSA) is 120 Å². The third-order valence-electron chi connectivity index (χ3n) is 6.25. The molecule has 2 N–H and O–H groups in total. The van der Waals surface area contributed by atoms with Crippen LogP contribution in [0.4, 0.5) is 5.69 Å². The number of amides is 2. The van der Waals surface area contributed by atoms with Gasteiger partial charge in [-0.3, -0.25) is 19.0 Å². The lowest BCUT2D eigenvalue weighted by Gasteiger charge is -2.12. The van der Waals surface area contributed by atoms with Crippen molar-refractivity contribution in [3.05, 3.63) is 73.9 Å². The van der Waals surface area contributed by atoms with Crippen LogP contribution in [0.25, 0.3) is 16.7 Å². The van der Waals surface area contributed by atoms with E-state index in [1.54, 1.807) is 30.3 Å². The Morgan fingerprint density at radius 2 is 1.89 bits per heavy atom. The van der Waals surface area contributed by atoms with Crippen molar-refractivity contribution in [2.75, 3.05) is 5.32 Å². The summed E-state index contributed by atoms with van der Waals surface area (Å²) in [5.41, 5.74) is 0.118. The van der Waals surface area contributed by atoms with Gasteiger partial charge in [-0.15, -0.1) is 5.10 Å². The summed E-state index contributed by atoms with van der Waals surface area (Å²) >= 11 is 5.95. The number of aryl methyl sites for hydroxylation is 1. The molecule has 0 spiro atoms. The van der Waals surface area contributed by atoms with Crippen LogP contribution < -0.4 is 21.9 Å². The molecule has 1 saturated carbocycles. The van der Waals surface area contributed by atoms with Crippen LogP contribution in [0.3, 0.4) is 0 Å². The van der Waals surface area contributed by atoms with Crippen LogP contribution in [0.2, 0.25) is 5.02 Å². The van der Waals surface area contributed by atoms with Crippen LogP contribution >= 0.6 is 11.6 Å². The van der Waals surface area contributed by atoms with E-state index >= 15 is 0 Å². The van der Waals surface area contributed by atoms with Gasteiger partial charge in [0.05, 0.1) is 10.9 Å². The van der Waals surface area contributed by atoms with Crippen molar-refractivity contribution in [1.82, 2.24) is 24.1 Å². The highest BCUT2D eigenvalue weighted by molar-refractivity contribution is 6.30. The molecule has 2 aromatic heterocycles. The van der Waals surface area contributed by atoms with Crippen molar-refractivity contribution in [1.29, 1.82) is 0 Å². The van der Waals surface area contributed by atoms with Gasteiger partial charge in [-0.1, -0.05) is 30.5 Å². The molecule has 1 aliphatic rings. The van der Waals surface area contributed by atoms with Gasteiger partial charge in [0.1, 0.15) is 6.54 Å². The first-order chi connectivity index (χ1) is 16.8. The van der Waals surface area contributed by atoms with E-state index in [0.717, 1.165) is 30.4 Å². The number of carbonyl (C=O) groups excluding carboxylic acids is 2. The number of carbonyl (C=O) groups is 2. The largest absolute Gasteiger partial charge is 0.352 e. The van der Waals surface area contributed by atoms with E-state index in [9.17, 15) is 19.2 Å². The molecule has 2 heterocycles. The minimum Gasteiger partial charge on any atom is -0.349 e. The number of nitrogens with zero attached hydrogens (tertiary/aromatic N) is 4. The Hall–Kier alpha value is -3.92. The average molecular weight is 495 g/mol. The second kappa shape index (κ2) is 9.03. The molecule has 4 aromatic rings. The molecule has 0 unspecified atom stereocenters. The number of hydrogen-bond donors (Lipinski definition) is 2. The lowest BCUT2D eigenvalue weighted by atomic mass is 10.1. The highest BCUT2D eigenvalue weighted by Crippen LogP contribution is 2.19. The maximum atomic E-state index is 13.3. The predicted octanol–water partition coefficient (Wildman–Crippen LogP) is 2.31. The van der Waals surface area contributed by atoms with Crippen LogP contribution in [0.5, 0.6) is 0 Å². The van der Waals surface area contributed by atoms with Gasteiger partial charge in [-0.2, -0.15) is 0 Å². The van der Waals surface area contributed by atoms with Gasteiger partial charge in [-0.25, -0.2) is 13.9 Å². The van der Waals surface area contributed by atoms with Crippen LogP contribution in [0.1, 0.15) is 36.0 Å². The first-order valence-electron chi connectivity index (χ1n) is 11.3. The zero-order chi connectivity index (χ0) is 24.7. The molecule has 0 bridgehead atoms. The van der Waals surface area contributed by atoms with Crippen molar-refractivity contribution in [3.8, 4) is 0 Å². The van der Waals surface area contributed by atoms with Crippen molar-refractivity contribution >= 4 is 45.8 Å². The van der Waals surface area contributed by atoms with Gasteiger partial charge in [0.15, 0.2) is 0 Å². The summed E-state index contributed by atoms with van der Waals surface area (Å²) in [7, 11) is 1.50. The molecule has 1 aliphatic carbocycles. The SMILES string of the molecule is Cn1c(=O)c2ccc(C(=O)NC3CCCC3)cc2n2c(=O)n(CC(=O)Nc3cccc(Cl)c3)nc12. The van der Waals surface area contributed by atoms with E-state index < -0.39 is 11.6 Å². The van der Waals surface area contributed by atoms with Crippen LogP contribution in [0.15, 0.2) is 52.1 Å². The van der Waals surface area contributed by atoms with Gasteiger partial charge in [0.25, 0.3) is 11.5 Å². The molecule has 0 radical (unpaired) electrons. The van der Waals surface area contributed by atoms with E-state index in [2.05, 4.69) is 15.7 Å². The van der Waals surface area contributed by atoms with Crippen LogP contribution in [0, 0.1) is 0 Å². The van der Waals surface area contributed by atoms with Crippen molar-refractivity contribution in [2.24, 2.45) is 7.05 Å². The zero-order valence-corrected chi connectivity index (χ0v) is 19.7. The third-order valence-corrected chi connectivity index (χ3v) is 6.49. The highest BCUT2D eigenvalue weighted by atomic mass is 35.5. The molecular weight excluding hydrogens is 472 g/mol. The minimum absolute atomic E-state index is 0.0661. The summed E-state index contributed by atoms with van der Waals surface area (Å²) in [6.07, 6.45) is 4.04. The fourth-order valence-electron chi connectivity index (χ4n) is 4.48. The molecule has 11 heteroatoms. The Morgan fingerprint density at radius 1 is 1.11 bits per heavy atom. The number of halogens is 1. The predicted molar refractivity (Wildman–Crippen MR) is 132 cm³/mol. The molecule has 0 aliphatic heterocycles. The number of anilines is 1. The number of aromatic nitrogens is 4. The van der Waals surface area contributed by atoms with E-state index in [1.807, 2.05) is 0 Å². The summed E-state index contributed by atoms with van der Waals surface area (Å²) in [5.74, 6) is -0.672. The van der Waals surface area contributed by atoms with Gasteiger partial charge in [-0.05, 0) is 49.2 Å². The van der Waals surface area contributed by atoms with Gasteiger partial charge >= 0.3 is 5.69 Å². The first-order valence-corrected chi connectivity index (χ1v) is 11.7. The summed E-state index contributed by atoms with van der Waals surface area (Å²) in [5, 5.41) is 10.6. The molecule has 0 saturated heterocycles. The van der Waals surface area contributed by atoms with E-state index in [1.165, 1.54) is 28.1 Å². The Kier molecular flexibility index (Phi) is 5.89. The molecular formula is C24H23ClN6O4. The summed E-state index contributed by atoms with van der Waals surface area (Å²) in [6, 6.07) is 11.4. The maximum Gasteiger partial charge on any atom is 0.352 e. The lowest BCUT2D eigenvalue weighted by molar-refractivity contribution is -0.117. The second-order valence-corrected chi connectivity index (χ2v) is 9.12. The Morgan fingerprint density at radius 3 is 2.63 bits per heavy atom. The Bertz CT molecular complexity index is 1600. The quantitative estimate of drug-likeness (QED) is 0.441. The number of nitrogens with one attached hydrogen (secondary N) is 2. The zero-order valence-electron chi connectivity index (χ0n) is 19.0. The second-order valence-electron chi connectivity index (χ2n) is 8.69. The average Bonchev–Trinajstić information content (AvgIpc) is 3.45. The molecule has 2 amide bonds. The molecule has 180 valence electrons. The van der Waals surface area contributed by atoms with Crippen LogP contribution in [-0.4, -0.2) is 36.6 Å². The van der Waals surface area contributed by atoms with Gasteiger partial charge < -0.3 is 10.6 Å². The van der Waals surface area contributed by atoms with Crippen molar-refractivity contribution < 1.29 is 9.59 Å². The molecule has 10 nitrogen and oxygen atoms in total. The monoisotopic (exact) mass is 494 g/mol. The molecule has 0 atom stereocenters. The van der Waals surface area contributed by atoms with Crippen LogP contribution in [-0.2, 0) is 18.4 Å².